The number of fused-ring (bicyclic) bond motifs is 1. The lowest BCUT2D eigenvalue weighted by atomic mass is 9.84. The third-order valence-corrected chi connectivity index (χ3v) is 6.17. The van der Waals surface area contributed by atoms with E-state index in [1.807, 2.05) is 47.4 Å². The number of ether oxygens (including phenoxy) is 2. The fourth-order valence-corrected chi connectivity index (χ4v) is 4.58. The molecule has 4 rings (SSSR count). The van der Waals surface area contributed by atoms with Crippen LogP contribution in [0.1, 0.15) is 26.2 Å². The molecule has 29 heavy (non-hydrogen) atoms. The molecule has 2 aromatic rings. The summed E-state index contributed by atoms with van der Waals surface area (Å²) < 4.78 is 11.7. The summed E-state index contributed by atoms with van der Waals surface area (Å²) in [4.78, 5) is 26.2. The quantitative estimate of drug-likeness (QED) is 0.838. The standard InChI is InChI=1S/C23H27NO5/c1-15(29-20-8-4-6-16-5-2-3-7-18(16)20)22(25)24-12-9-17(10-13-24)21-19(23(26)27)11-14-28-21/h2-8,15,17,19,21H,9-14H2,1H3,(H,26,27)/t15?,19?,21-/m0/s1. The normalized spacial score (nSPS) is 23.8. The molecular formula is C23H27NO5. The second kappa shape index (κ2) is 8.41. The Balaban J connectivity index is 1.36. The number of piperidine rings is 1. The van der Waals surface area contributed by atoms with E-state index in [2.05, 4.69) is 0 Å². The van der Waals surface area contributed by atoms with Crippen LogP contribution in [0.2, 0.25) is 0 Å². The van der Waals surface area contributed by atoms with Crippen molar-refractivity contribution in [1.29, 1.82) is 0 Å². The minimum atomic E-state index is -0.775. The molecule has 0 bridgehead atoms. The van der Waals surface area contributed by atoms with E-state index in [-0.39, 0.29) is 17.9 Å². The fourth-order valence-electron chi connectivity index (χ4n) is 4.58. The molecule has 154 valence electrons. The summed E-state index contributed by atoms with van der Waals surface area (Å²) in [5, 5.41) is 11.5. The first-order chi connectivity index (χ1) is 14.0. The van der Waals surface area contributed by atoms with E-state index in [4.69, 9.17) is 9.47 Å². The first-order valence-electron chi connectivity index (χ1n) is 10.3. The van der Waals surface area contributed by atoms with Gasteiger partial charge in [0.15, 0.2) is 6.10 Å². The molecule has 2 heterocycles. The van der Waals surface area contributed by atoms with Crippen LogP contribution in [0.4, 0.5) is 0 Å². The number of aliphatic carboxylic acids is 1. The molecule has 2 fully saturated rings. The number of hydrogen-bond acceptors (Lipinski definition) is 4. The molecule has 3 atom stereocenters. The van der Waals surface area contributed by atoms with E-state index < -0.39 is 18.0 Å². The zero-order chi connectivity index (χ0) is 20.4. The number of carbonyl (C=O) groups excluding carboxylic acids is 1. The third-order valence-electron chi connectivity index (χ3n) is 6.17. The van der Waals surface area contributed by atoms with Crippen LogP contribution < -0.4 is 4.74 Å². The van der Waals surface area contributed by atoms with Crippen molar-refractivity contribution in [3.05, 3.63) is 42.5 Å². The van der Waals surface area contributed by atoms with Crippen LogP contribution in [0.3, 0.4) is 0 Å². The largest absolute Gasteiger partial charge is 0.481 e. The first kappa shape index (κ1) is 19.7. The van der Waals surface area contributed by atoms with Crippen molar-refractivity contribution in [2.24, 2.45) is 11.8 Å². The molecule has 0 spiro atoms. The highest BCUT2D eigenvalue weighted by molar-refractivity contribution is 5.89. The number of carboxylic acids is 1. The SMILES string of the molecule is CC(Oc1cccc2ccccc12)C(=O)N1CCC([C@@H]2OCCC2C(=O)O)CC1. The average molecular weight is 397 g/mol. The van der Waals surface area contributed by atoms with Crippen molar-refractivity contribution in [2.75, 3.05) is 19.7 Å². The number of nitrogens with zero attached hydrogens (tertiary/aromatic N) is 1. The summed E-state index contributed by atoms with van der Waals surface area (Å²) in [6.07, 6.45) is 1.30. The Hall–Kier alpha value is -2.60. The van der Waals surface area contributed by atoms with Gasteiger partial charge in [-0.3, -0.25) is 9.59 Å². The van der Waals surface area contributed by atoms with Crippen LogP contribution in [0.25, 0.3) is 10.8 Å². The van der Waals surface area contributed by atoms with Gasteiger partial charge in [0.2, 0.25) is 0 Å². The molecule has 6 heteroatoms. The zero-order valence-corrected chi connectivity index (χ0v) is 16.6. The number of benzene rings is 2. The molecular weight excluding hydrogens is 370 g/mol. The second-order valence-corrected chi connectivity index (χ2v) is 7.97. The molecule has 2 saturated heterocycles. The smallest absolute Gasteiger partial charge is 0.309 e. The monoisotopic (exact) mass is 397 g/mol. The summed E-state index contributed by atoms with van der Waals surface area (Å²) in [5.41, 5.74) is 0. The van der Waals surface area contributed by atoms with Gasteiger partial charge in [-0.2, -0.15) is 0 Å². The predicted molar refractivity (Wildman–Crippen MR) is 109 cm³/mol. The molecule has 6 nitrogen and oxygen atoms in total. The molecule has 0 aromatic heterocycles. The molecule has 2 aromatic carbocycles. The van der Waals surface area contributed by atoms with Crippen LogP contribution in [0, 0.1) is 11.8 Å². The van der Waals surface area contributed by atoms with Gasteiger partial charge in [-0.15, -0.1) is 0 Å². The van der Waals surface area contributed by atoms with Gasteiger partial charge in [0.25, 0.3) is 5.91 Å². The topological polar surface area (TPSA) is 76.1 Å². The number of rotatable bonds is 5. The van der Waals surface area contributed by atoms with Gasteiger partial charge in [0.05, 0.1) is 12.0 Å². The van der Waals surface area contributed by atoms with Crippen LogP contribution >= 0.6 is 0 Å². The van der Waals surface area contributed by atoms with E-state index in [0.717, 1.165) is 23.6 Å². The second-order valence-electron chi connectivity index (χ2n) is 7.97. The first-order valence-corrected chi connectivity index (χ1v) is 10.3. The van der Waals surface area contributed by atoms with Crippen LogP contribution in [0.5, 0.6) is 5.75 Å². The van der Waals surface area contributed by atoms with Crippen LogP contribution in [-0.2, 0) is 14.3 Å². The van der Waals surface area contributed by atoms with Gasteiger partial charge in [-0.05, 0) is 43.6 Å². The van der Waals surface area contributed by atoms with Crippen molar-refractivity contribution in [1.82, 2.24) is 4.90 Å². The molecule has 2 unspecified atom stereocenters. The fraction of sp³-hybridized carbons (Fsp3) is 0.478. The summed E-state index contributed by atoms with van der Waals surface area (Å²) >= 11 is 0. The van der Waals surface area contributed by atoms with Crippen molar-refractivity contribution in [3.8, 4) is 5.75 Å². The van der Waals surface area contributed by atoms with Crippen molar-refractivity contribution >= 4 is 22.6 Å². The summed E-state index contributed by atoms with van der Waals surface area (Å²) in [6, 6.07) is 13.8. The Morgan fingerprint density at radius 2 is 1.83 bits per heavy atom. The highest BCUT2D eigenvalue weighted by atomic mass is 16.5. The Kier molecular flexibility index (Phi) is 5.72. The number of carboxylic acid groups (broad SMARTS) is 1. The summed E-state index contributed by atoms with van der Waals surface area (Å²) in [7, 11) is 0. The number of likely N-dealkylation sites (tertiary alicyclic amines) is 1. The van der Waals surface area contributed by atoms with E-state index in [1.54, 1.807) is 6.92 Å². The van der Waals surface area contributed by atoms with Crippen LogP contribution in [0.15, 0.2) is 42.5 Å². The number of carbonyl (C=O) groups is 2. The minimum Gasteiger partial charge on any atom is -0.481 e. The molecule has 0 radical (unpaired) electrons. The van der Waals surface area contributed by atoms with E-state index in [1.165, 1.54) is 0 Å². The lowest BCUT2D eigenvalue weighted by Gasteiger charge is -2.36. The molecule has 2 aliphatic rings. The van der Waals surface area contributed by atoms with E-state index in [9.17, 15) is 14.7 Å². The van der Waals surface area contributed by atoms with Crippen molar-refractivity contribution in [2.45, 2.75) is 38.4 Å². The Morgan fingerprint density at radius 1 is 1.10 bits per heavy atom. The van der Waals surface area contributed by atoms with Gasteiger partial charge in [-0.1, -0.05) is 36.4 Å². The van der Waals surface area contributed by atoms with Gasteiger partial charge >= 0.3 is 5.97 Å². The van der Waals surface area contributed by atoms with E-state index in [0.29, 0.717) is 31.9 Å². The van der Waals surface area contributed by atoms with Gasteiger partial charge in [-0.25, -0.2) is 0 Å². The van der Waals surface area contributed by atoms with Gasteiger partial charge < -0.3 is 19.5 Å². The van der Waals surface area contributed by atoms with Crippen molar-refractivity contribution < 1.29 is 24.2 Å². The Bertz CT molecular complexity index is 884. The average Bonchev–Trinajstić information content (AvgIpc) is 3.24. The van der Waals surface area contributed by atoms with Crippen LogP contribution in [-0.4, -0.2) is 53.8 Å². The molecule has 1 N–H and O–H groups in total. The Labute approximate surface area is 170 Å². The minimum absolute atomic E-state index is 0.0292. The molecule has 1 amide bonds. The van der Waals surface area contributed by atoms with Gasteiger partial charge in [0.1, 0.15) is 5.75 Å². The molecule has 2 aliphatic heterocycles. The summed E-state index contributed by atoms with van der Waals surface area (Å²) in [6.45, 7) is 3.52. The highest BCUT2D eigenvalue weighted by Crippen LogP contribution is 2.33. The Morgan fingerprint density at radius 3 is 2.59 bits per heavy atom. The maximum absolute atomic E-state index is 12.9. The van der Waals surface area contributed by atoms with Crippen molar-refractivity contribution in [3.63, 3.8) is 0 Å². The zero-order valence-electron chi connectivity index (χ0n) is 16.6. The molecule has 0 saturated carbocycles. The predicted octanol–water partition coefficient (Wildman–Crippen LogP) is 3.34. The highest BCUT2D eigenvalue weighted by Gasteiger charge is 2.41. The summed E-state index contributed by atoms with van der Waals surface area (Å²) in [5.74, 6) is -0.322. The third kappa shape index (κ3) is 4.08. The van der Waals surface area contributed by atoms with Gasteiger partial charge in [0, 0.05) is 25.1 Å². The number of hydrogen-bond donors (Lipinski definition) is 1. The maximum Gasteiger partial charge on any atom is 0.309 e. The molecule has 0 aliphatic carbocycles. The van der Waals surface area contributed by atoms with E-state index >= 15 is 0 Å². The maximum atomic E-state index is 12.9. The lowest BCUT2D eigenvalue weighted by molar-refractivity contribution is -0.146. The number of amides is 1. The lowest BCUT2D eigenvalue weighted by Crippen LogP contribution is -2.47.